The molecule has 1 saturated heterocycles. The lowest BCUT2D eigenvalue weighted by molar-refractivity contribution is -0.117. The first-order chi connectivity index (χ1) is 9.65. The second kappa shape index (κ2) is 7.41. The monoisotopic (exact) mass is 276 g/mol. The molecule has 1 aliphatic rings. The Morgan fingerprint density at radius 1 is 1.30 bits per heavy atom. The highest BCUT2D eigenvalue weighted by Crippen LogP contribution is 2.13. The second-order valence-electron chi connectivity index (χ2n) is 5.54. The molecule has 0 bridgehead atoms. The van der Waals surface area contributed by atoms with Crippen LogP contribution in [0.25, 0.3) is 0 Å². The minimum absolute atomic E-state index is 0.0147. The van der Waals surface area contributed by atoms with Crippen LogP contribution >= 0.6 is 0 Å². The Morgan fingerprint density at radius 2 is 1.95 bits per heavy atom. The van der Waals surface area contributed by atoms with Crippen LogP contribution in [0.2, 0.25) is 0 Å². The topological polar surface area (TPSA) is 50.4 Å². The second-order valence-corrected chi connectivity index (χ2v) is 5.54. The Bertz CT molecular complexity index is 425. The van der Waals surface area contributed by atoms with Gasteiger partial charge in [-0.3, -0.25) is 4.79 Å². The van der Waals surface area contributed by atoms with Gasteiger partial charge in [-0.15, -0.1) is 0 Å². The molecule has 0 saturated carbocycles. The maximum absolute atomic E-state index is 12.1. The number of benzene rings is 1. The molecule has 1 aromatic carbocycles. The van der Waals surface area contributed by atoms with Crippen LogP contribution < -0.4 is 10.6 Å². The van der Waals surface area contributed by atoms with Crippen LogP contribution in [0.1, 0.15) is 25.3 Å². The summed E-state index contributed by atoms with van der Waals surface area (Å²) in [6.45, 7) is 6.50. The first-order valence-corrected chi connectivity index (χ1v) is 7.34. The van der Waals surface area contributed by atoms with Crippen LogP contribution in [0.4, 0.5) is 5.69 Å². The van der Waals surface area contributed by atoms with Gasteiger partial charge in [-0.1, -0.05) is 17.7 Å². The Hall–Kier alpha value is -1.39. The zero-order chi connectivity index (χ0) is 14.4. The fraction of sp³-hybridized carbons (Fsp3) is 0.562. The summed E-state index contributed by atoms with van der Waals surface area (Å²) in [4.78, 5) is 12.1. The lowest BCUT2D eigenvalue weighted by Gasteiger charge is -2.24. The van der Waals surface area contributed by atoms with Crippen LogP contribution in [-0.2, 0) is 9.53 Å². The van der Waals surface area contributed by atoms with Crippen LogP contribution in [-0.4, -0.2) is 31.7 Å². The molecule has 0 radical (unpaired) electrons. The third kappa shape index (κ3) is 4.62. The fourth-order valence-electron chi connectivity index (χ4n) is 2.27. The average Bonchev–Trinajstić information content (AvgIpc) is 2.48. The molecule has 1 heterocycles. The number of hydrogen-bond donors (Lipinski definition) is 2. The molecular weight excluding hydrogens is 252 g/mol. The highest BCUT2D eigenvalue weighted by atomic mass is 16.5. The van der Waals surface area contributed by atoms with Gasteiger partial charge in [-0.2, -0.15) is 0 Å². The number of anilines is 1. The highest BCUT2D eigenvalue weighted by molar-refractivity contribution is 5.94. The van der Waals surface area contributed by atoms with Crippen molar-refractivity contribution in [2.75, 3.05) is 25.1 Å². The smallest absolute Gasteiger partial charge is 0.241 e. The van der Waals surface area contributed by atoms with Crippen molar-refractivity contribution in [3.8, 4) is 0 Å². The van der Waals surface area contributed by atoms with E-state index in [-0.39, 0.29) is 11.9 Å². The van der Waals surface area contributed by atoms with Gasteiger partial charge in [-0.25, -0.2) is 0 Å². The zero-order valence-electron chi connectivity index (χ0n) is 12.3. The van der Waals surface area contributed by atoms with Crippen LogP contribution in [0.3, 0.4) is 0 Å². The average molecular weight is 276 g/mol. The summed E-state index contributed by atoms with van der Waals surface area (Å²) in [5.41, 5.74) is 2.04. The van der Waals surface area contributed by atoms with E-state index in [9.17, 15) is 4.79 Å². The largest absolute Gasteiger partial charge is 0.381 e. The first kappa shape index (κ1) is 15.0. The number of rotatable bonds is 5. The molecule has 4 heteroatoms. The summed E-state index contributed by atoms with van der Waals surface area (Å²) >= 11 is 0. The van der Waals surface area contributed by atoms with Crippen molar-refractivity contribution < 1.29 is 9.53 Å². The first-order valence-electron chi connectivity index (χ1n) is 7.34. The third-order valence-electron chi connectivity index (χ3n) is 3.77. The van der Waals surface area contributed by atoms with Gasteiger partial charge in [0.2, 0.25) is 5.91 Å². The molecule has 20 heavy (non-hydrogen) atoms. The summed E-state index contributed by atoms with van der Waals surface area (Å²) in [7, 11) is 0. The normalized spacial score (nSPS) is 17.7. The van der Waals surface area contributed by atoms with Crippen molar-refractivity contribution in [3.05, 3.63) is 29.8 Å². The fourth-order valence-corrected chi connectivity index (χ4v) is 2.27. The molecule has 4 nitrogen and oxygen atoms in total. The Balaban J connectivity index is 1.75. The summed E-state index contributed by atoms with van der Waals surface area (Å²) in [5.74, 6) is 0.638. The molecule has 1 atom stereocenters. The van der Waals surface area contributed by atoms with E-state index in [1.165, 1.54) is 5.56 Å². The van der Waals surface area contributed by atoms with E-state index in [1.807, 2.05) is 38.1 Å². The van der Waals surface area contributed by atoms with Crippen molar-refractivity contribution in [1.82, 2.24) is 5.32 Å². The predicted octanol–water partition coefficient (Wildman–Crippen LogP) is 2.34. The van der Waals surface area contributed by atoms with Gasteiger partial charge >= 0.3 is 0 Å². The quantitative estimate of drug-likeness (QED) is 0.868. The van der Waals surface area contributed by atoms with E-state index in [0.29, 0.717) is 5.92 Å². The Morgan fingerprint density at radius 3 is 2.60 bits per heavy atom. The summed E-state index contributed by atoms with van der Waals surface area (Å²) in [6.07, 6.45) is 2.17. The third-order valence-corrected chi connectivity index (χ3v) is 3.77. The maximum atomic E-state index is 12.1. The van der Waals surface area contributed by atoms with E-state index in [4.69, 9.17) is 4.74 Å². The van der Waals surface area contributed by atoms with Crippen molar-refractivity contribution in [1.29, 1.82) is 0 Å². The summed E-state index contributed by atoms with van der Waals surface area (Å²) in [6, 6.07) is 7.67. The molecular formula is C16H24N2O2. The molecule has 110 valence electrons. The molecule has 1 unspecified atom stereocenters. The summed E-state index contributed by atoms with van der Waals surface area (Å²) in [5, 5.41) is 6.25. The molecule has 1 amide bonds. The van der Waals surface area contributed by atoms with E-state index in [0.717, 1.165) is 38.3 Å². The molecule has 1 aliphatic heterocycles. The van der Waals surface area contributed by atoms with Crippen molar-refractivity contribution in [2.24, 2.45) is 5.92 Å². The zero-order valence-corrected chi connectivity index (χ0v) is 12.3. The van der Waals surface area contributed by atoms with E-state index >= 15 is 0 Å². The minimum Gasteiger partial charge on any atom is -0.381 e. The molecule has 0 aliphatic carbocycles. The number of carbonyl (C=O) groups excluding carboxylic acids is 1. The van der Waals surface area contributed by atoms with E-state index < -0.39 is 0 Å². The van der Waals surface area contributed by atoms with E-state index in [1.54, 1.807) is 0 Å². The molecule has 2 N–H and O–H groups in total. The number of aryl methyl sites for hydroxylation is 1. The molecule has 2 rings (SSSR count). The van der Waals surface area contributed by atoms with Crippen molar-refractivity contribution >= 4 is 11.6 Å². The van der Waals surface area contributed by atoms with Gasteiger partial charge < -0.3 is 15.4 Å². The van der Waals surface area contributed by atoms with Gasteiger partial charge in [0, 0.05) is 18.9 Å². The molecule has 1 fully saturated rings. The SMILES string of the molecule is Cc1ccc(NC(=O)C(C)NCC2CCOCC2)cc1. The summed E-state index contributed by atoms with van der Waals surface area (Å²) < 4.78 is 5.34. The number of hydrogen-bond acceptors (Lipinski definition) is 3. The predicted molar refractivity (Wildman–Crippen MR) is 80.8 cm³/mol. The number of carbonyl (C=O) groups is 1. The Labute approximate surface area is 120 Å². The Kier molecular flexibility index (Phi) is 5.56. The number of ether oxygens (including phenoxy) is 1. The van der Waals surface area contributed by atoms with Gasteiger partial charge in [-0.05, 0) is 51.3 Å². The molecule has 0 aromatic heterocycles. The van der Waals surface area contributed by atoms with Crippen LogP contribution in [0, 0.1) is 12.8 Å². The van der Waals surface area contributed by atoms with Gasteiger partial charge in [0.15, 0.2) is 0 Å². The van der Waals surface area contributed by atoms with E-state index in [2.05, 4.69) is 10.6 Å². The lowest BCUT2D eigenvalue weighted by atomic mass is 10.00. The van der Waals surface area contributed by atoms with Gasteiger partial charge in [0.05, 0.1) is 6.04 Å². The van der Waals surface area contributed by atoms with Crippen molar-refractivity contribution in [3.63, 3.8) is 0 Å². The van der Waals surface area contributed by atoms with Crippen LogP contribution in [0.5, 0.6) is 0 Å². The molecule has 0 spiro atoms. The molecule has 1 aromatic rings. The van der Waals surface area contributed by atoms with Gasteiger partial charge in [0.25, 0.3) is 0 Å². The number of nitrogens with one attached hydrogen (secondary N) is 2. The minimum atomic E-state index is -0.181. The standard InChI is InChI=1S/C16H24N2O2/c1-12-3-5-15(6-4-12)18-16(19)13(2)17-11-14-7-9-20-10-8-14/h3-6,13-14,17H,7-11H2,1-2H3,(H,18,19). The van der Waals surface area contributed by atoms with Crippen LogP contribution in [0.15, 0.2) is 24.3 Å². The van der Waals surface area contributed by atoms with Gasteiger partial charge in [0.1, 0.15) is 0 Å². The maximum Gasteiger partial charge on any atom is 0.241 e. The van der Waals surface area contributed by atoms with Crippen molar-refractivity contribution in [2.45, 2.75) is 32.7 Å². The number of amides is 1. The lowest BCUT2D eigenvalue weighted by Crippen LogP contribution is -2.41. The highest BCUT2D eigenvalue weighted by Gasteiger charge is 2.17.